The third-order valence-corrected chi connectivity index (χ3v) is 1.33. The monoisotopic (exact) mass is 151 g/mol. The Kier molecular flexibility index (Phi) is 2.22. The van der Waals surface area contributed by atoms with Crippen LogP contribution < -0.4 is 0 Å². The van der Waals surface area contributed by atoms with Crippen LogP contribution in [0.4, 0.5) is 0 Å². The highest BCUT2D eigenvalue weighted by molar-refractivity contribution is 4.46. The van der Waals surface area contributed by atoms with E-state index >= 15 is 0 Å². The van der Waals surface area contributed by atoms with Gasteiger partial charge in [0.15, 0.2) is 0 Å². The van der Waals surface area contributed by atoms with Crippen LogP contribution in [0.2, 0.25) is 0 Å². The van der Waals surface area contributed by atoms with Crippen molar-refractivity contribution < 1.29 is 14.7 Å². The van der Waals surface area contributed by atoms with Crippen LogP contribution in [0.3, 0.4) is 0 Å². The zero-order valence-corrected chi connectivity index (χ0v) is 6.19. The molecule has 62 valence electrons. The molecule has 0 rings (SSSR count). The largest absolute Gasteiger partial charge is 0.396 e. The van der Waals surface area contributed by atoms with Gasteiger partial charge in [0.2, 0.25) is 0 Å². The van der Waals surface area contributed by atoms with Crippen LogP contribution in [0, 0.1) is 5.89 Å². The first-order chi connectivity index (χ1) is 7.56. The summed E-state index contributed by atoms with van der Waals surface area (Å²) in [5.41, 5.74) is 0. The molecular formula is C9H20O. The molecule has 0 aromatic heterocycles. The molecule has 0 unspecified atom stereocenters. The van der Waals surface area contributed by atoms with E-state index in [-0.39, 0.29) is 13.0 Å². The number of aliphatic hydroxyl groups is 1. The first-order valence-corrected chi connectivity index (χ1v) is 3.67. The lowest BCUT2D eigenvalue weighted by Gasteiger charge is -2.02. The van der Waals surface area contributed by atoms with E-state index in [1.54, 1.807) is 0 Å². The quantitative estimate of drug-likeness (QED) is 0.578. The van der Waals surface area contributed by atoms with Gasteiger partial charge >= 0.3 is 0 Å². The van der Waals surface area contributed by atoms with E-state index in [0.717, 1.165) is 0 Å². The SMILES string of the molecule is [2H]C([2H])([2H])C([2H])(CCCCCCO)C([2H])([2H])[2H]. The van der Waals surface area contributed by atoms with E-state index in [2.05, 4.69) is 0 Å². The van der Waals surface area contributed by atoms with Gasteiger partial charge in [-0.1, -0.05) is 39.4 Å². The number of hydrogen-bond acceptors (Lipinski definition) is 1. The van der Waals surface area contributed by atoms with E-state index < -0.39 is 19.6 Å². The van der Waals surface area contributed by atoms with E-state index in [1.165, 1.54) is 0 Å². The summed E-state index contributed by atoms with van der Waals surface area (Å²) in [7, 11) is 0. The topological polar surface area (TPSA) is 20.2 Å². The van der Waals surface area contributed by atoms with Crippen molar-refractivity contribution in [1.82, 2.24) is 0 Å². The maximum Gasteiger partial charge on any atom is 0.0431 e. The molecule has 1 N–H and O–H groups in total. The van der Waals surface area contributed by atoms with Gasteiger partial charge in [0.25, 0.3) is 0 Å². The average molecular weight is 151 g/mol. The Morgan fingerprint density at radius 2 is 2.00 bits per heavy atom. The molecule has 0 bridgehead atoms. The van der Waals surface area contributed by atoms with Crippen molar-refractivity contribution in [3.63, 3.8) is 0 Å². The van der Waals surface area contributed by atoms with Gasteiger partial charge < -0.3 is 5.11 Å². The van der Waals surface area contributed by atoms with Crippen molar-refractivity contribution in [2.75, 3.05) is 6.61 Å². The van der Waals surface area contributed by atoms with Crippen LogP contribution in [-0.2, 0) is 0 Å². The number of unbranched alkanes of at least 4 members (excludes halogenated alkanes) is 3. The number of aliphatic hydroxyl groups excluding tert-OH is 1. The molecule has 0 aliphatic carbocycles. The molecule has 1 heteroatoms. The Labute approximate surface area is 74.3 Å². The Balaban J connectivity index is 4.44. The molecule has 0 aliphatic heterocycles. The highest BCUT2D eigenvalue weighted by atomic mass is 16.2. The third-order valence-electron chi connectivity index (χ3n) is 1.33. The summed E-state index contributed by atoms with van der Waals surface area (Å²) in [6.45, 7) is -5.55. The standard InChI is InChI=1S/C9H20O/c1-9(2)7-5-3-4-6-8-10/h9-10H,3-8H2,1-2H3/i1D3,2D3,9D. The van der Waals surface area contributed by atoms with Gasteiger partial charge in [-0.3, -0.25) is 0 Å². The molecule has 0 aromatic carbocycles. The van der Waals surface area contributed by atoms with Gasteiger partial charge in [-0.25, -0.2) is 0 Å². The van der Waals surface area contributed by atoms with Gasteiger partial charge in [0, 0.05) is 16.2 Å². The van der Waals surface area contributed by atoms with Gasteiger partial charge in [0.05, 0.1) is 0 Å². The molecule has 0 atom stereocenters. The number of rotatable bonds is 6. The van der Waals surface area contributed by atoms with Crippen molar-refractivity contribution in [2.24, 2.45) is 5.89 Å². The van der Waals surface area contributed by atoms with E-state index in [0.29, 0.717) is 25.7 Å². The maximum atomic E-state index is 8.57. The zero-order chi connectivity index (χ0) is 13.7. The van der Waals surface area contributed by atoms with E-state index in [1.807, 2.05) is 0 Å². The summed E-state index contributed by atoms with van der Waals surface area (Å²) in [6, 6.07) is 0. The molecule has 0 spiro atoms. The molecule has 0 fully saturated rings. The number of hydrogen-bond donors (Lipinski definition) is 1. The van der Waals surface area contributed by atoms with Crippen LogP contribution in [0.1, 0.15) is 55.4 Å². The lowest BCUT2D eigenvalue weighted by atomic mass is 10.0. The van der Waals surface area contributed by atoms with Crippen LogP contribution >= 0.6 is 0 Å². The van der Waals surface area contributed by atoms with Gasteiger partial charge in [-0.2, -0.15) is 0 Å². The molecule has 0 radical (unpaired) electrons. The van der Waals surface area contributed by atoms with Crippen molar-refractivity contribution >= 4 is 0 Å². The van der Waals surface area contributed by atoms with Gasteiger partial charge in [-0.15, -0.1) is 0 Å². The summed E-state index contributed by atoms with van der Waals surface area (Å²) in [5, 5.41) is 8.57. The molecule has 0 saturated heterocycles. The maximum absolute atomic E-state index is 8.57. The first-order valence-electron chi connectivity index (χ1n) is 7.17. The molecule has 0 aliphatic rings. The summed E-state index contributed by atoms with van der Waals surface area (Å²) >= 11 is 0. The normalized spacial score (nSPS) is 24.7. The summed E-state index contributed by atoms with van der Waals surface area (Å²) in [6.07, 6.45) is 2.17. The van der Waals surface area contributed by atoms with Crippen LogP contribution in [0.15, 0.2) is 0 Å². The first kappa shape index (κ1) is 3.14. The van der Waals surface area contributed by atoms with Crippen LogP contribution in [0.25, 0.3) is 0 Å². The lowest BCUT2D eigenvalue weighted by Crippen LogP contribution is -1.88. The van der Waals surface area contributed by atoms with Crippen LogP contribution in [-0.4, -0.2) is 11.7 Å². The molecule has 0 saturated carbocycles. The second-order valence-corrected chi connectivity index (χ2v) is 2.37. The minimum Gasteiger partial charge on any atom is -0.396 e. The van der Waals surface area contributed by atoms with Crippen molar-refractivity contribution in [2.45, 2.75) is 45.8 Å². The summed E-state index contributed by atoms with van der Waals surface area (Å²) in [4.78, 5) is 0. The van der Waals surface area contributed by atoms with Crippen molar-refractivity contribution in [3.8, 4) is 0 Å². The van der Waals surface area contributed by atoms with Crippen molar-refractivity contribution in [1.29, 1.82) is 0 Å². The van der Waals surface area contributed by atoms with Crippen molar-refractivity contribution in [3.05, 3.63) is 0 Å². The predicted octanol–water partition coefficient (Wildman–Crippen LogP) is 2.59. The molecule has 0 aromatic rings. The Morgan fingerprint density at radius 3 is 2.60 bits per heavy atom. The molecule has 0 heterocycles. The van der Waals surface area contributed by atoms with Gasteiger partial charge in [0.1, 0.15) is 0 Å². The minimum absolute atomic E-state index is 0.0740. The molecule has 0 amide bonds. The zero-order valence-electron chi connectivity index (χ0n) is 13.2. The Morgan fingerprint density at radius 1 is 1.30 bits per heavy atom. The lowest BCUT2D eigenvalue weighted by molar-refractivity contribution is 0.282. The highest BCUT2D eigenvalue weighted by Crippen LogP contribution is 2.08. The Bertz CT molecular complexity index is 206. The minimum atomic E-state index is -2.81. The van der Waals surface area contributed by atoms with E-state index in [9.17, 15) is 0 Å². The van der Waals surface area contributed by atoms with E-state index in [4.69, 9.17) is 14.7 Å². The second kappa shape index (κ2) is 7.07. The van der Waals surface area contributed by atoms with Crippen LogP contribution in [0.5, 0.6) is 0 Å². The summed E-state index contributed by atoms with van der Waals surface area (Å²) < 4.78 is 51.0. The highest BCUT2D eigenvalue weighted by Gasteiger charge is 1.92. The molecular weight excluding hydrogens is 124 g/mol. The average Bonchev–Trinajstić information content (AvgIpc) is 2.13. The molecule has 10 heavy (non-hydrogen) atoms. The third kappa shape index (κ3) is 7.96. The smallest absolute Gasteiger partial charge is 0.0431 e. The second-order valence-electron chi connectivity index (χ2n) is 2.37. The fraction of sp³-hybridized carbons (Fsp3) is 1.00. The van der Waals surface area contributed by atoms with Gasteiger partial charge in [-0.05, 0) is 12.3 Å². The molecule has 1 nitrogen and oxygen atoms in total. The predicted molar refractivity (Wildman–Crippen MR) is 45.0 cm³/mol. The fourth-order valence-corrected chi connectivity index (χ4v) is 0.767. The summed E-state index contributed by atoms with van der Waals surface area (Å²) in [5.74, 6) is -2.39. The fourth-order valence-electron chi connectivity index (χ4n) is 0.767. The Hall–Kier alpha value is -0.0400.